The predicted octanol–water partition coefficient (Wildman–Crippen LogP) is 2.51. The molecule has 1 aliphatic rings. The quantitative estimate of drug-likeness (QED) is 0.930. The summed E-state index contributed by atoms with van der Waals surface area (Å²) in [5.74, 6) is 0.490. The van der Waals surface area contributed by atoms with Gasteiger partial charge in [-0.1, -0.05) is 32.9 Å². The first-order chi connectivity index (χ1) is 9.90. The average Bonchev–Trinajstić information content (AvgIpc) is 2.56. The second-order valence-electron chi connectivity index (χ2n) is 6.49. The van der Waals surface area contributed by atoms with Crippen LogP contribution in [-0.4, -0.2) is 37.3 Å². The van der Waals surface area contributed by atoms with E-state index in [1.807, 2.05) is 43.0 Å². The van der Waals surface area contributed by atoms with Crippen LogP contribution in [0.4, 0.5) is 11.4 Å². The summed E-state index contributed by atoms with van der Waals surface area (Å²) in [5.41, 5.74) is 2.03. The standard InChI is InChI=1S/C17H26N2O2/c1-12(2)16(20)9-17(21)19-11-13(3)10-18(4)14-7-5-6-8-15(14)19/h5-8,12-13,16,20H,9-11H2,1-4H3. The van der Waals surface area contributed by atoms with Crippen molar-refractivity contribution in [3.63, 3.8) is 0 Å². The molecule has 0 fully saturated rings. The molecule has 2 atom stereocenters. The van der Waals surface area contributed by atoms with Gasteiger partial charge in [0, 0.05) is 20.1 Å². The fraction of sp³-hybridized carbons (Fsp3) is 0.588. The number of fused-ring (bicyclic) bond motifs is 1. The summed E-state index contributed by atoms with van der Waals surface area (Å²) in [7, 11) is 2.06. The number of carbonyl (C=O) groups excluding carboxylic acids is 1. The number of rotatable bonds is 3. The van der Waals surface area contributed by atoms with Gasteiger partial charge in [0.2, 0.25) is 5.91 Å². The number of amides is 1. The van der Waals surface area contributed by atoms with Crippen LogP contribution in [0.5, 0.6) is 0 Å². The maximum atomic E-state index is 12.6. The number of benzene rings is 1. The van der Waals surface area contributed by atoms with Crippen molar-refractivity contribution in [1.29, 1.82) is 0 Å². The summed E-state index contributed by atoms with van der Waals surface area (Å²) in [5, 5.41) is 10.0. The van der Waals surface area contributed by atoms with Crippen LogP contribution in [-0.2, 0) is 4.79 Å². The topological polar surface area (TPSA) is 43.8 Å². The Balaban J connectivity index is 2.28. The molecule has 0 bridgehead atoms. The van der Waals surface area contributed by atoms with E-state index < -0.39 is 6.10 Å². The molecule has 21 heavy (non-hydrogen) atoms. The molecular formula is C17H26N2O2. The van der Waals surface area contributed by atoms with Gasteiger partial charge in [0.1, 0.15) is 0 Å². The van der Waals surface area contributed by atoms with Gasteiger partial charge >= 0.3 is 0 Å². The molecule has 0 saturated carbocycles. The van der Waals surface area contributed by atoms with Crippen molar-refractivity contribution < 1.29 is 9.90 Å². The van der Waals surface area contributed by atoms with E-state index in [1.165, 1.54) is 0 Å². The fourth-order valence-electron chi connectivity index (χ4n) is 2.81. The van der Waals surface area contributed by atoms with Crippen molar-refractivity contribution in [1.82, 2.24) is 0 Å². The van der Waals surface area contributed by atoms with Crippen molar-refractivity contribution in [2.75, 3.05) is 29.9 Å². The molecule has 0 aromatic heterocycles. The molecule has 0 saturated heterocycles. The molecule has 1 aromatic carbocycles. The van der Waals surface area contributed by atoms with Crippen LogP contribution in [0, 0.1) is 11.8 Å². The number of hydrogen-bond donors (Lipinski definition) is 1. The van der Waals surface area contributed by atoms with Crippen LogP contribution >= 0.6 is 0 Å². The summed E-state index contributed by atoms with van der Waals surface area (Å²) in [6.45, 7) is 7.65. The zero-order valence-electron chi connectivity index (χ0n) is 13.4. The molecule has 1 heterocycles. The Morgan fingerprint density at radius 3 is 2.52 bits per heavy atom. The number of nitrogens with zero attached hydrogens (tertiary/aromatic N) is 2. The highest BCUT2D eigenvalue weighted by Crippen LogP contribution is 2.33. The van der Waals surface area contributed by atoms with E-state index >= 15 is 0 Å². The highest BCUT2D eigenvalue weighted by Gasteiger charge is 2.28. The van der Waals surface area contributed by atoms with E-state index in [4.69, 9.17) is 0 Å². The summed E-state index contributed by atoms with van der Waals surface area (Å²) in [6, 6.07) is 7.99. The molecule has 4 nitrogen and oxygen atoms in total. The molecule has 1 aromatic rings. The first-order valence-electron chi connectivity index (χ1n) is 7.68. The largest absolute Gasteiger partial charge is 0.392 e. The van der Waals surface area contributed by atoms with E-state index in [2.05, 4.69) is 18.9 Å². The van der Waals surface area contributed by atoms with Crippen molar-refractivity contribution in [3.05, 3.63) is 24.3 Å². The first kappa shape index (κ1) is 15.8. The van der Waals surface area contributed by atoms with Crippen molar-refractivity contribution in [3.8, 4) is 0 Å². The summed E-state index contributed by atoms with van der Waals surface area (Å²) in [6.07, 6.45) is -0.399. The fourth-order valence-corrected chi connectivity index (χ4v) is 2.81. The Kier molecular flexibility index (Phi) is 4.88. The van der Waals surface area contributed by atoms with Gasteiger partial charge in [-0.05, 0) is 24.0 Å². The maximum Gasteiger partial charge on any atom is 0.229 e. The number of hydrogen-bond acceptors (Lipinski definition) is 3. The number of aliphatic hydroxyl groups excluding tert-OH is 1. The Bertz CT molecular complexity index is 501. The maximum absolute atomic E-state index is 12.6. The monoisotopic (exact) mass is 290 g/mol. The van der Waals surface area contributed by atoms with Crippen LogP contribution in [0.2, 0.25) is 0 Å². The molecule has 0 radical (unpaired) electrons. The predicted molar refractivity (Wildman–Crippen MR) is 86.7 cm³/mol. The second-order valence-corrected chi connectivity index (χ2v) is 6.49. The average molecular weight is 290 g/mol. The molecule has 1 N–H and O–H groups in total. The first-order valence-corrected chi connectivity index (χ1v) is 7.68. The zero-order valence-corrected chi connectivity index (χ0v) is 13.4. The lowest BCUT2D eigenvalue weighted by molar-refractivity contribution is -0.121. The minimum Gasteiger partial charge on any atom is -0.392 e. The Hall–Kier alpha value is -1.55. The number of anilines is 2. The van der Waals surface area contributed by atoms with Crippen LogP contribution in [0.15, 0.2) is 24.3 Å². The van der Waals surface area contributed by atoms with E-state index in [1.54, 1.807) is 0 Å². The van der Waals surface area contributed by atoms with Crippen LogP contribution < -0.4 is 9.80 Å². The SMILES string of the molecule is CC1CN(C)c2ccccc2N(C(=O)CC(O)C(C)C)C1. The third kappa shape index (κ3) is 3.56. The number of para-hydroxylation sites is 2. The van der Waals surface area contributed by atoms with Gasteiger partial charge in [-0.2, -0.15) is 0 Å². The molecular weight excluding hydrogens is 264 g/mol. The zero-order chi connectivity index (χ0) is 15.6. The van der Waals surface area contributed by atoms with Gasteiger partial charge in [-0.3, -0.25) is 4.79 Å². The van der Waals surface area contributed by atoms with Crippen molar-refractivity contribution in [2.45, 2.75) is 33.3 Å². The Morgan fingerprint density at radius 2 is 1.90 bits per heavy atom. The smallest absolute Gasteiger partial charge is 0.229 e. The van der Waals surface area contributed by atoms with Gasteiger partial charge in [-0.15, -0.1) is 0 Å². The van der Waals surface area contributed by atoms with E-state index in [9.17, 15) is 9.90 Å². The normalized spacial score (nSPS) is 20.2. The third-order valence-corrected chi connectivity index (χ3v) is 4.12. The molecule has 2 rings (SSSR count). The highest BCUT2D eigenvalue weighted by molar-refractivity contribution is 5.97. The molecule has 0 aliphatic carbocycles. The van der Waals surface area contributed by atoms with Gasteiger partial charge in [-0.25, -0.2) is 0 Å². The van der Waals surface area contributed by atoms with Crippen LogP contribution in [0.25, 0.3) is 0 Å². The van der Waals surface area contributed by atoms with E-state index in [0.29, 0.717) is 12.5 Å². The molecule has 0 spiro atoms. The van der Waals surface area contributed by atoms with Crippen molar-refractivity contribution >= 4 is 17.3 Å². The molecule has 116 valence electrons. The molecule has 2 unspecified atom stereocenters. The van der Waals surface area contributed by atoms with Gasteiger partial charge < -0.3 is 14.9 Å². The lowest BCUT2D eigenvalue weighted by Crippen LogP contribution is -2.37. The molecule has 1 amide bonds. The van der Waals surface area contributed by atoms with Crippen LogP contribution in [0.1, 0.15) is 27.2 Å². The number of aliphatic hydroxyl groups is 1. The highest BCUT2D eigenvalue weighted by atomic mass is 16.3. The molecule has 1 aliphatic heterocycles. The summed E-state index contributed by atoms with van der Waals surface area (Å²) < 4.78 is 0. The Labute approximate surface area is 127 Å². The summed E-state index contributed by atoms with van der Waals surface area (Å²) in [4.78, 5) is 16.7. The third-order valence-electron chi connectivity index (χ3n) is 4.12. The second kappa shape index (κ2) is 6.48. The molecule has 4 heteroatoms. The van der Waals surface area contributed by atoms with Crippen LogP contribution in [0.3, 0.4) is 0 Å². The lowest BCUT2D eigenvalue weighted by atomic mass is 10.0. The van der Waals surface area contributed by atoms with Gasteiger partial charge in [0.25, 0.3) is 0 Å². The summed E-state index contributed by atoms with van der Waals surface area (Å²) >= 11 is 0. The minimum atomic E-state index is -0.582. The Morgan fingerprint density at radius 1 is 1.29 bits per heavy atom. The van der Waals surface area contributed by atoms with Gasteiger partial charge in [0.05, 0.1) is 23.9 Å². The van der Waals surface area contributed by atoms with E-state index in [0.717, 1.165) is 17.9 Å². The van der Waals surface area contributed by atoms with Crippen molar-refractivity contribution in [2.24, 2.45) is 11.8 Å². The van der Waals surface area contributed by atoms with E-state index in [-0.39, 0.29) is 18.2 Å². The lowest BCUT2D eigenvalue weighted by Gasteiger charge is -2.26. The van der Waals surface area contributed by atoms with Gasteiger partial charge in [0.15, 0.2) is 0 Å². The minimum absolute atomic E-state index is 0.00537. The number of carbonyl (C=O) groups is 1.